The van der Waals surface area contributed by atoms with Gasteiger partial charge >= 0.3 is 5.97 Å². The van der Waals surface area contributed by atoms with Gasteiger partial charge in [0.25, 0.3) is 0 Å². The van der Waals surface area contributed by atoms with Crippen molar-refractivity contribution in [2.24, 2.45) is 11.8 Å². The fourth-order valence-electron chi connectivity index (χ4n) is 4.64. The lowest BCUT2D eigenvalue weighted by Crippen LogP contribution is -2.41. The van der Waals surface area contributed by atoms with Crippen LogP contribution in [0.5, 0.6) is 0 Å². The number of rotatable bonds is 5. The molecular formula is C24H37N5O2S. The smallest absolute Gasteiger partial charge is 0.337 e. The van der Waals surface area contributed by atoms with E-state index in [2.05, 4.69) is 19.2 Å². The van der Waals surface area contributed by atoms with Crippen LogP contribution in [0.25, 0.3) is 0 Å². The van der Waals surface area contributed by atoms with Crippen LogP contribution in [-0.2, 0) is 4.74 Å². The van der Waals surface area contributed by atoms with Gasteiger partial charge in [-0.2, -0.15) is 9.36 Å². The molecule has 0 saturated carbocycles. The Kier molecular flexibility index (Phi) is 8.73. The zero-order valence-electron chi connectivity index (χ0n) is 20.1. The molecule has 0 amide bonds. The second-order valence-electron chi connectivity index (χ2n) is 8.46. The van der Waals surface area contributed by atoms with Crippen LogP contribution in [0.4, 0.5) is 16.8 Å². The summed E-state index contributed by atoms with van der Waals surface area (Å²) in [5.41, 5.74) is 1.81. The van der Waals surface area contributed by atoms with Gasteiger partial charge in [0.1, 0.15) is 0 Å². The number of anilines is 3. The maximum atomic E-state index is 11.6. The van der Waals surface area contributed by atoms with Gasteiger partial charge in [-0.3, -0.25) is 0 Å². The Morgan fingerprint density at radius 2 is 1.50 bits per heavy atom. The van der Waals surface area contributed by atoms with E-state index in [4.69, 9.17) is 4.74 Å². The molecule has 3 heterocycles. The Morgan fingerprint density at radius 3 is 1.97 bits per heavy atom. The topological polar surface area (TPSA) is 61.8 Å². The summed E-state index contributed by atoms with van der Waals surface area (Å²) >= 11 is 1.51. The highest BCUT2D eigenvalue weighted by Gasteiger charge is 2.30. The summed E-state index contributed by atoms with van der Waals surface area (Å²) in [6, 6.07) is 7.79. The van der Waals surface area contributed by atoms with Crippen LogP contribution in [0.2, 0.25) is 0 Å². The van der Waals surface area contributed by atoms with Gasteiger partial charge < -0.3 is 19.4 Å². The van der Waals surface area contributed by atoms with Crippen molar-refractivity contribution in [3.05, 3.63) is 29.8 Å². The molecule has 2 aromatic rings. The van der Waals surface area contributed by atoms with Crippen LogP contribution in [0, 0.1) is 11.8 Å². The van der Waals surface area contributed by atoms with Gasteiger partial charge in [0.05, 0.1) is 12.7 Å². The number of hydrogen-bond acceptors (Lipinski definition) is 8. The van der Waals surface area contributed by atoms with E-state index >= 15 is 0 Å². The quantitative estimate of drug-likeness (QED) is 0.608. The van der Waals surface area contributed by atoms with Gasteiger partial charge in [-0.05, 0) is 61.8 Å². The van der Waals surface area contributed by atoms with E-state index in [1.54, 1.807) is 0 Å². The summed E-state index contributed by atoms with van der Waals surface area (Å²) in [6.07, 6.45) is 4.98. The number of aromatic nitrogens is 2. The van der Waals surface area contributed by atoms with Crippen molar-refractivity contribution in [3.63, 3.8) is 0 Å². The zero-order valence-corrected chi connectivity index (χ0v) is 20.9. The summed E-state index contributed by atoms with van der Waals surface area (Å²) in [6.45, 7) is 8.35. The van der Waals surface area contributed by atoms with Crippen molar-refractivity contribution in [3.8, 4) is 0 Å². The van der Waals surface area contributed by atoms with Crippen molar-refractivity contribution in [1.82, 2.24) is 9.36 Å². The minimum atomic E-state index is -0.280. The van der Waals surface area contributed by atoms with Gasteiger partial charge in [-0.25, -0.2) is 4.79 Å². The van der Waals surface area contributed by atoms with E-state index < -0.39 is 0 Å². The first-order valence-electron chi connectivity index (χ1n) is 11.7. The highest BCUT2D eigenvalue weighted by atomic mass is 32.1. The lowest BCUT2D eigenvalue weighted by molar-refractivity contribution is 0.0600. The number of carbonyl (C=O) groups is 1. The monoisotopic (exact) mass is 459 g/mol. The number of nitrogens with zero attached hydrogens (tertiary/aromatic N) is 5. The number of benzene rings is 1. The molecule has 0 bridgehead atoms. The molecule has 0 spiro atoms. The minimum Gasteiger partial charge on any atom is -0.465 e. The lowest BCUT2D eigenvalue weighted by atomic mass is 9.79. The highest BCUT2D eigenvalue weighted by Crippen LogP contribution is 2.35. The molecule has 4 rings (SSSR count). The van der Waals surface area contributed by atoms with Crippen molar-refractivity contribution in [1.29, 1.82) is 0 Å². The number of carbonyl (C=O) groups excluding carboxylic acids is 1. The molecular weight excluding hydrogens is 422 g/mol. The molecule has 0 aliphatic carbocycles. The average molecular weight is 460 g/mol. The third kappa shape index (κ3) is 5.71. The van der Waals surface area contributed by atoms with E-state index in [-0.39, 0.29) is 5.97 Å². The molecule has 0 unspecified atom stereocenters. The SMILES string of the molecule is CC.COC(=O)c1ccc(N2CCC(C3CCN(c4nc(N(C)C)ns4)CC3)CC2)cc1. The molecule has 2 fully saturated rings. The number of methoxy groups -OCH3 is 1. The predicted octanol–water partition coefficient (Wildman–Crippen LogP) is 4.55. The minimum absolute atomic E-state index is 0.280. The van der Waals surface area contributed by atoms with Crippen LogP contribution in [0.3, 0.4) is 0 Å². The summed E-state index contributed by atoms with van der Waals surface area (Å²) in [5, 5.41) is 1.06. The van der Waals surface area contributed by atoms with Gasteiger partial charge in [0, 0.05) is 57.5 Å². The number of piperidine rings is 2. The maximum absolute atomic E-state index is 11.6. The standard InChI is InChI=1S/C22H31N5O2S.C2H6/c1-25(2)21-23-22(30-24-21)27-14-10-17(11-15-27)16-8-12-26(13-9-16)19-6-4-18(5-7-19)20(28)29-3;1-2/h4-7,16-17H,8-15H2,1-3H3;1-2H3. The summed E-state index contributed by atoms with van der Waals surface area (Å²) in [5.74, 6) is 2.15. The van der Waals surface area contributed by atoms with Gasteiger partial charge in [0.2, 0.25) is 11.1 Å². The Morgan fingerprint density at radius 1 is 0.969 bits per heavy atom. The molecule has 2 aliphatic heterocycles. The molecule has 7 nitrogen and oxygen atoms in total. The van der Waals surface area contributed by atoms with E-state index in [9.17, 15) is 4.79 Å². The Bertz CT molecular complexity index is 838. The molecule has 2 saturated heterocycles. The summed E-state index contributed by atoms with van der Waals surface area (Å²) in [7, 11) is 5.39. The first-order chi connectivity index (χ1) is 15.5. The average Bonchev–Trinajstić information content (AvgIpc) is 3.36. The van der Waals surface area contributed by atoms with Crippen LogP contribution in [-0.4, -0.2) is 62.7 Å². The van der Waals surface area contributed by atoms with Crippen molar-refractivity contribution < 1.29 is 9.53 Å². The molecule has 0 N–H and O–H groups in total. The normalized spacial score (nSPS) is 17.5. The lowest BCUT2D eigenvalue weighted by Gasteiger charge is -2.40. The number of hydrogen-bond donors (Lipinski definition) is 0. The molecule has 0 radical (unpaired) electrons. The molecule has 1 aromatic heterocycles. The summed E-state index contributed by atoms with van der Waals surface area (Å²) in [4.78, 5) is 23.1. The van der Waals surface area contributed by atoms with Crippen molar-refractivity contribution in [2.75, 3.05) is 62.1 Å². The Hall–Kier alpha value is -2.35. The Labute approximate surface area is 196 Å². The van der Waals surface area contributed by atoms with Crippen LogP contribution in [0.1, 0.15) is 49.9 Å². The van der Waals surface area contributed by atoms with Crippen LogP contribution >= 0.6 is 11.5 Å². The van der Waals surface area contributed by atoms with E-state index in [0.29, 0.717) is 5.56 Å². The number of ether oxygens (including phenoxy) is 1. The van der Waals surface area contributed by atoms with Gasteiger partial charge in [0.15, 0.2) is 0 Å². The molecule has 8 heteroatoms. The fraction of sp³-hybridized carbons (Fsp3) is 0.625. The molecule has 2 aliphatic rings. The third-order valence-electron chi connectivity index (χ3n) is 6.47. The molecule has 0 atom stereocenters. The van der Waals surface area contributed by atoms with Crippen molar-refractivity contribution >= 4 is 34.3 Å². The number of esters is 1. The summed E-state index contributed by atoms with van der Waals surface area (Å²) < 4.78 is 9.23. The predicted molar refractivity (Wildman–Crippen MR) is 133 cm³/mol. The third-order valence-corrected chi connectivity index (χ3v) is 7.24. The maximum Gasteiger partial charge on any atom is 0.337 e. The van der Waals surface area contributed by atoms with Gasteiger partial charge in [-0.1, -0.05) is 13.8 Å². The van der Waals surface area contributed by atoms with Crippen molar-refractivity contribution in [2.45, 2.75) is 39.5 Å². The largest absolute Gasteiger partial charge is 0.465 e. The second-order valence-corrected chi connectivity index (χ2v) is 9.19. The highest BCUT2D eigenvalue weighted by molar-refractivity contribution is 7.09. The van der Waals surface area contributed by atoms with Gasteiger partial charge in [-0.15, -0.1) is 0 Å². The first-order valence-corrected chi connectivity index (χ1v) is 12.5. The molecule has 176 valence electrons. The van der Waals surface area contributed by atoms with Crippen LogP contribution in [0.15, 0.2) is 24.3 Å². The van der Waals surface area contributed by atoms with E-state index in [1.807, 2.05) is 57.1 Å². The fourth-order valence-corrected chi connectivity index (χ4v) is 5.42. The second kappa shape index (κ2) is 11.5. The van der Waals surface area contributed by atoms with E-state index in [1.165, 1.54) is 50.0 Å². The zero-order chi connectivity index (χ0) is 23.1. The molecule has 32 heavy (non-hydrogen) atoms. The van der Waals surface area contributed by atoms with E-state index in [0.717, 1.165) is 49.1 Å². The Balaban J connectivity index is 0.00000141. The van der Waals surface area contributed by atoms with Crippen LogP contribution < -0.4 is 14.7 Å². The molecule has 1 aromatic carbocycles. The first kappa shape index (κ1) is 24.3.